The number of hydrogen-bond acceptors (Lipinski definition) is 9. The molecule has 14 heteroatoms. The molecule has 0 radical (unpaired) electrons. The molecule has 0 spiro atoms. The minimum Gasteiger partial charge on any atom is -0.489 e. The molecule has 222 valence electrons. The highest BCUT2D eigenvalue weighted by Crippen LogP contribution is 2.69. The monoisotopic (exact) mass is 641 g/mol. The number of aromatic nitrogens is 1. The molecule has 2 N–H and O–H groups in total. The molecule has 4 aliphatic rings. The minimum atomic E-state index is -1.09. The van der Waals surface area contributed by atoms with Crippen LogP contribution in [0.1, 0.15) is 34.8 Å². The number of nitro groups is 1. The van der Waals surface area contributed by atoms with Gasteiger partial charge in [0.05, 0.1) is 28.2 Å². The zero-order valence-electron chi connectivity index (χ0n) is 22.3. The van der Waals surface area contributed by atoms with Gasteiger partial charge in [-0.2, -0.15) is 0 Å². The first kappa shape index (κ1) is 28.1. The fourth-order valence-electron chi connectivity index (χ4n) is 7.65. The molecule has 2 amide bonds. The van der Waals surface area contributed by atoms with E-state index in [-0.39, 0.29) is 65.0 Å². The number of fused-ring (bicyclic) bond motifs is 9. The topological polar surface area (TPSA) is 160 Å². The summed E-state index contributed by atoms with van der Waals surface area (Å²) in [7, 11) is 0. The van der Waals surface area contributed by atoms with Crippen molar-refractivity contribution in [3.05, 3.63) is 83.3 Å². The van der Waals surface area contributed by atoms with E-state index in [9.17, 15) is 29.3 Å². The Bertz CT molecular complexity index is 1760. The molecule has 43 heavy (non-hydrogen) atoms. The second kappa shape index (κ2) is 10.5. The van der Waals surface area contributed by atoms with E-state index < -0.39 is 28.6 Å². The molecule has 1 aromatic heterocycles. The number of nitrogens with zero attached hydrogens (tertiary/aromatic N) is 2. The van der Waals surface area contributed by atoms with Gasteiger partial charge in [-0.1, -0.05) is 41.1 Å². The van der Waals surface area contributed by atoms with Gasteiger partial charge in [-0.3, -0.25) is 34.2 Å². The van der Waals surface area contributed by atoms with Crippen LogP contribution in [0.15, 0.2) is 52.3 Å². The van der Waals surface area contributed by atoms with E-state index in [1.165, 1.54) is 23.9 Å². The van der Waals surface area contributed by atoms with Crippen LogP contribution in [-0.2, 0) is 21.0 Å². The van der Waals surface area contributed by atoms with Gasteiger partial charge in [0.2, 0.25) is 11.8 Å². The van der Waals surface area contributed by atoms with E-state index in [4.69, 9.17) is 21.4 Å². The molecule has 2 aliphatic heterocycles. The number of likely N-dealkylation sites (tertiary alicyclic amines) is 1. The van der Waals surface area contributed by atoms with Crippen molar-refractivity contribution in [1.29, 1.82) is 0 Å². The lowest BCUT2D eigenvalue weighted by molar-refractivity contribution is -0.385. The maximum absolute atomic E-state index is 13.6. The number of H-pyrrole nitrogens is 1. The third-order valence-corrected chi connectivity index (χ3v) is 12.2. The number of amides is 2. The highest BCUT2D eigenvalue weighted by molar-refractivity contribution is 8.00. The van der Waals surface area contributed by atoms with Crippen molar-refractivity contribution in [2.75, 3.05) is 6.54 Å². The number of aromatic amines is 1. The number of thiazole rings is 1. The standard InChI is InChI=1S/C29H24ClN3O8S2/c30-17-4-2-1-3-12(17)11-41-18-6-5-13(33(39)40)9-14(18)20-21-15-10-16(24(21)42-26-25(20)43-29(38)31-26)23-22(15)27(36)32(28(23)37)8-7-19(34)35/h1-6,9,15-16,20-24H,7-8,10-11H2,(H,31,38)(H,34,35)/t15-,16+,20+,21+,22+,23+,24+/m0/s1. The quantitative estimate of drug-likeness (QED) is 0.205. The summed E-state index contributed by atoms with van der Waals surface area (Å²) in [5.41, 5.74) is 1.14. The van der Waals surface area contributed by atoms with Crippen molar-refractivity contribution in [3.63, 3.8) is 0 Å². The third kappa shape index (κ3) is 4.47. The molecule has 2 aromatic carbocycles. The van der Waals surface area contributed by atoms with Gasteiger partial charge >= 0.3 is 10.8 Å². The van der Waals surface area contributed by atoms with E-state index in [0.29, 0.717) is 27.8 Å². The molecule has 7 rings (SSSR count). The molecule has 2 saturated carbocycles. The number of ether oxygens (including phenoxy) is 1. The highest BCUT2D eigenvalue weighted by atomic mass is 35.5. The maximum Gasteiger partial charge on any atom is 0.305 e. The first-order chi connectivity index (χ1) is 20.6. The normalized spacial score (nSPS) is 28.5. The second-order valence-corrected chi connectivity index (χ2v) is 13.9. The number of non-ortho nitro benzene ring substituents is 1. The number of aliphatic carboxylic acids is 1. The van der Waals surface area contributed by atoms with Gasteiger partial charge in [0.25, 0.3) is 5.69 Å². The van der Waals surface area contributed by atoms with Crippen molar-refractivity contribution < 1.29 is 29.2 Å². The molecule has 1 saturated heterocycles. The Hall–Kier alpha value is -3.68. The molecule has 0 unspecified atom stereocenters. The van der Waals surface area contributed by atoms with Crippen molar-refractivity contribution in [2.24, 2.45) is 29.6 Å². The van der Waals surface area contributed by atoms with Crippen LogP contribution >= 0.6 is 34.7 Å². The summed E-state index contributed by atoms with van der Waals surface area (Å²) in [5.74, 6) is -3.62. The first-order valence-electron chi connectivity index (χ1n) is 13.7. The van der Waals surface area contributed by atoms with E-state index in [1.54, 1.807) is 18.2 Å². The Morgan fingerprint density at radius 1 is 1.14 bits per heavy atom. The number of hydrogen-bond donors (Lipinski definition) is 2. The molecule has 3 heterocycles. The Labute approximate surface area is 257 Å². The molecular weight excluding hydrogens is 618 g/mol. The smallest absolute Gasteiger partial charge is 0.305 e. The average Bonchev–Trinajstić information content (AvgIpc) is 3.70. The Morgan fingerprint density at radius 2 is 1.88 bits per heavy atom. The number of rotatable bonds is 8. The van der Waals surface area contributed by atoms with Gasteiger partial charge in [-0.05, 0) is 36.3 Å². The number of nitro benzene ring substituents is 1. The summed E-state index contributed by atoms with van der Waals surface area (Å²) in [5, 5.41) is 22.1. The van der Waals surface area contributed by atoms with Crippen LogP contribution in [-0.4, -0.2) is 49.5 Å². The predicted octanol–water partition coefficient (Wildman–Crippen LogP) is 4.53. The number of carboxylic acids is 1. The molecule has 3 aromatic rings. The van der Waals surface area contributed by atoms with Crippen molar-refractivity contribution >= 4 is 58.2 Å². The molecule has 7 atom stereocenters. The lowest BCUT2D eigenvalue weighted by atomic mass is 9.68. The number of benzene rings is 2. The van der Waals surface area contributed by atoms with Gasteiger partial charge in [-0.25, -0.2) is 0 Å². The van der Waals surface area contributed by atoms with Crippen LogP contribution in [0.25, 0.3) is 0 Å². The Morgan fingerprint density at radius 3 is 2.60 bits per heavy atom. The molecule has 2 bridgehead atoms. The van der Waals surface area contributed by atoms with Crippen LogP contribution in [0, 0.1) is 39.7 Å². The Kier molecular flexibility index (Phi) is 6.86. The molecular formula is C29H24ClN3O8S2. The van der Waals surface area contributed by atoms with E-state index >= 15 is 0 Å². The zero-order valence-corrected chi connectivity index (χ0v) is 24.7. The maximum atomic E-state index is 13.6. The SMILES string of the molecule is O=C(O)CCN1C(=O)[C@@H]2[C@H]3C[C@@H]([C@H]4Sc5[nH]c(=O)sc5[C@H](c5cc([N+](=O)[O-])ccc5OCc5ccccc5Cl)[C@@H]34)[C@H]2C1=O. The lowest BCUT2D eigenvalue weighted by Gasteiger charge is -2.43. The number of carbonyl (C=O) groups is 3. The fraction of sp³-hybridized carbons (Fsp3) is 0.379. The summed E-state index contributed by atoms with van der Waals surface area (Å²) >= 11 is 8.89. The number of thioether (sulfide) groups is 1. The zero-order chi connectivity index (χ0) is 30.2. The molecule has 11 nitrogen and oxygen atoms in total. The highest BCUT2D eigenvalue weighted by Gasteiger charge is 2.69. The third-order valence-electron chi connectivity index (χ3n) is 9.24. The number of nitrogens with one attached hydrogen (secondary N) is 1. The van der Waals surface area contributed by atoms with Crippen molar-refractivity contribution in [2.45, 2.75) is 35.6 Å². The van der Waals surface area contributed by atoms with Crippen molar-refractivity contribution in [1.82, 2.24) is 9.88 Å². The summed E-state index contributed by atoms with van der Waals surface area (Å²) in [6.07, 6.45) is 0.303. The lowest BCUT2D eigenvalue weighted by Crippen LogP contribution is -2.42. The summed E-state index contributed by atoms with van der Waals surface area (Å²) in [6, 6.07) is 11.6. The van der Waals surface area contributed by atoms with E-state index in [0.717, 1.165) is 26.7 Å². The predicted molar refractivity (Wildman–Crippen MR) is 156 cm³/mol. The first-order valence-corrected chi connectivity index (χ1v) is 15.8. The van der Waals surface area contributed by atoms with Crippen LogP contribution in [0.5, 0.6) is 5.75 Å². The second-order valence-electron chi connectivity index (χ2n) is 11.3. The Balaban J connectivity index is 1.31. The van der Waals surface area contributed by atoms with Crippen LogP contribution < -0.4 is 9.61 Å². The van der Waals surface area contributed by atoms with Crippen molar-refractivity contribution in [3.8, 4) is 5.75 Å². The van der Waals surface area contributed by atoms with Gasteiger partial charge in [0, 0.05) is 50.9 Å². The van der Waals surface area contributed by atoms with Crippen LogP contribution in [0.4, 0.5) is 5.69 Å². The van der Waals surface area contributed by atoms with Gasteiger partial charge in [0.1, 0.15) is 12.4 Å². The summed E-state index contributed by atoms with van der Waals surface area (Å²) < 4.78 is 6.26. The van der Waals surface area contributed by atoms with Crippen LogP contribution in [0.2, 0.25) is 5.02 Å². The summed E-state index contributed by atoms with van der Waals surface area (Å²) in [6.45, 7) is -0.0600. The number of carboxylic acid groups (broad SMARTS) is 1. The van der Waals surface area contributed by atoms with Gasteiger partial charge in [-0.15, -0.1) is 11.8 Å². The van der Waals surface area contributed by atoms with Gasteiger partial charge in [0.15, 0.2) is 0 Å². The number of halogens is 1. The van der Waals surface area contributed by atoms with Gasteiger partial charge < -0.3 is 14.8 Å². The minimum absolute atomic E-state index is 0.110. The van der Waals surface area contributed by atoms with E-state index in [2.05, 4.69) is 4.98 Å². The summed E-state index contributed by atoms with van der Waals surface area (Å²) in [4.78, 5) is 66.8. The van der Waals surface area contributed by atoms with Crippen LogP contribution in [0.3, 0.4) is 0 Å². The largest absolute Gasteiger partial charge is 0.489 e. The molecule has 3 fully saturated rings. The average molecular weight is 642 g/mol. The number of imide groups is 1. The van der Waals surface area contributed by atoms with E-state index in [1.807, 2.05) is 12.1 Å². The fourth-order valence-corrected chi connectivity index (χ4v) is 10.7. The number of carbonyl (C=O) groups excluding carboxylic acids is 2. The molecule has 2 aliphatic carbocycles.